The smallest absolute Gasteiger partial charge is 0.333 e. The van der Waals surface area contributed by atoms with Gasteiger partial charge in [-0.05, 0) is 110 Å². The molecule has 0 aliphatic carbocycles. The summed E-state index contributed by atoms with van der Waals surface area (Å²) in [5.41, 5.74) is 0. The van der Waals surface area contributed by atoms with E-state index < -0.39 is 24.7 Å². The average Bonchev–Trinajstić information content (AvgIpc) is 1.83. The van der Waals surface area contributed by atoms with E-state index in [-0.39, 0.29) is 200 Å². The molecule has 0 spiro atoms. The van der Waals surface area contributed by atoms with Gasteiger partial charge in [0.1, 0.15) is 18.3 Å². The van der Waals surface area contributed by atoms with Crippen LogP contribution in [0.3, 0.4) is 0 Å². The normalized spacial score (nSPS) is 34.5. The number of hydrogen-bond donors (Lipinski definition) is 5. The minimum atomic E-state index is -2.93. The van der Waals surface area contributed by atoms with E-state index in [1.54, 1.807) is 28.4 Å². The van der Waals surface area contributed by atoms with Gasteiger partial charge in [-0.3, -0.25) is 0 Å². The molecule has 7 aliphatic heterocycles. The summed E-state index contributed by atoms with van der Waals surface area (Å²) in [6.07, 6.45) is 9.60. The monoisotopic (exact) mass is 1470 g/mol. The lowest BCUT2D eigenvalue weighted by atomic mass is 10.1. The van der Waals surface area contributed by atoms with Crippen LogP contribution >= 0.6 is 24.7 Å². The molecule has 7 rings (SSSR count). The summed E-state index contributed by atoms with van der Waals surface area (Å²) in [7, 11) is 5.98. The fraction of sp³-hybridized carbons (Fsp3) is 0.939. The molecular weight excluding hydrogens is 1330 g/mol. The molecule has 28 nitrogen and oxygen atoms in total. The van der Waals surface area contributed by atoms with Crippen molar-refractivity contribution in [2.75, 3.05) is 96.5 Å². The maximum absolute atomic E-state index is 8.78. The Balaban J connectivity index is 0. The second-order valence-corrected chi connectivity index (χ2v) is 28.2. The number of rotatable bonds is 29. The molecule has 7 heterocycles. The van der Waals surface area contributed by atoms with E-state index >= 15 is 0 Å². The van der Waals surface area contributed by atoms with Crippen molar-refractivity contribution in [1.29, 1.82) is 21.5 Å². The average molecular weight is 1470 g/mol. The van der Waals surface area contributed by atoms with Gasteiger partial charge in [0, 0.05) is 119 Å². The molecule has 0 bridgehead atoms. The number of aliphatic hydroxyl groups is 5. The lowest BCUT2D eigenvalue weighted by molar-refractivity contribution is -0.0332. The lowest BCUT2D eigenvalue weighted by Gasteiger charge is -2.37. The van der Waals surface area contributed by atoms with Crippen molar-refractivity contribution in [1.82, 2.24) is 4.67 Å². The Kier molecular flexibility index (Phi) is 48.7. The van der Waals surface area contributed by atoms with Crippen LogP contribution in [0.15, 0.2) is 0 Å². The van der Waals surface area contributed by atoms with Crippen LogP contribution in [0.4, 0.5) is 0 Å². The molecule has 7 saturated heterocycles. The number of nitrogens with zero attached hydrogens (tertiary/aromatic N) is 4. The summed E-state index contributed by atoms with van der Waals surface area (Å²) >= 11 is 0. The van der Waals surface area contributed by atoms with E-state index in [9.17, 15) is 0 Å². The van der Waals surface area contributed by atoms with Gasteiger partial charge in [0.25, 0.3) is 16.1 Å². The molecule has 0 aromatic rings. The van der Waals surface area contributed by atoms with Gasteiger partial charge < -0.3 is 114 Å². The van der Waals surface area contributed by atoms with E-state index in [1.807, 2.05) is 60.6 Å². The third kappa shape index (κ3) is 38.8. The Morgan fingerprint density at radius 1 is 0.495 bits per heavy atom. The Labute approximate surface area is 597 Å². The highest BCUT2D eigenvalue weighted by atomic mass is 31.2. The Hall–Kier alpha value is -1.37. The molecule has 24 atom stereocenters. The van der Waals surface area contributed by atoms with Crippen molar-refractivity contribution in [3.63, 3.8) is 0 Å². The quantitative estimate of drug-likeness (QED) is 0.0343. The molecule has 7 aliphatic rings. The van der Waals surface area contributed by atoms with Crippen LogP contribution in [0.1, 0.15) is 173 Å². The number of hydrogen-bond acceptors (Lipinski definition) is 28. The Morgan fingerprint density at radius 2 is 0.835 bits per heavy atom. The molecule has 0 aromatic heterocycles. The van der Waals surface area contributed by atoms with Crippen molar-refractivity contribution < 1.29 is 119 Å². The summed E-state index contributed by atoms with van der Waals surface area (Å²) in [6, 6.07) is 6.73. The van der Waals surface area contributed by atoms with E-state index in [2.05, 4.69) is 65.2 Å². The fourth-order valence-corrected chi connectivity index (χ4v) is 15.3. The Bertz CT molecular complexity index is 2210. The topological polar surface area (TPSA) is 351 Å². The first-order chi connectivity index (χ1) is 50.1. The zero-order chi connectivity index (χ0) is 80.0. The van der Waals surface area contributed by atoms with Crippen molar-refractivity contribution in [2.45, 2.75) is 308 Å². The van der Waals surface area contributed by atoms with Crippen LogP contribution in [-0.2, 0) is 88.3 Å². The Morgan fingerprint density at radius 3 is 1.23 bits per heavy atom. The maximum atomic E-state index is 8.78. The molecule has 31 heteroatoms. The van der Waals surface area contributed by atoms with Crippen LogP contribution in [0.5, 0.6) is 0 Å². The van der Waals surface area contributed by atoms with Crippen molar-refractivity contribution >= 4 is 31.0 Å². The predicted molar refractivity (Wildman–Crippen MR) is 373 cm³/mol. The van der Waals surface area contributed by atoms with Gasteiger partial charge in [-0.25, -0.2) is 4.67 Å². The van der Waals surface area contributed by atoms with Crippen LogP contribution < -0.4 is 0 Å². The lowest BCUT2D eigenvalue weighted by Crippen LogP contribution is -2.35. The summed E-state index contributed by atoms with van der Waals surface area (Å²) in [5, 5.41) is 48.9. The zero-order valence-electron chi connectivity index (χ0n) is 69.6. The van der Waals surface area contributed by atoms with E-state index in [0.717, 1.165) is 32.1 Å². The van der Waals surface area contributed by atoms with Crippen LogP contribution in [0.2, 0.25) is 0 Å². The van der Waals surface area contributed by atoms with E-state index in [1.165, 1.54) is 28.4 Å². The molecule has 10 unspecified atom stereocenters. The van der Waals surface area contributed by atoms with Crippen molar-refractivity contribution in [2.24, 2.45) is 0 Å². The standard InChI is InChI=1S/C17H30NO6P.C16H28NO6P.C15H29N2O3P.C7H14O3.C7H14O2.4CH4O/c1-12-9-15(14(3)22-12)24-25(5,20-8-6-7-18)21-11-17-16(19-4)10-13(2)23-17;1-11-8-14(13(3)21-11)23-24(19-7-5-6-17)20-10-16-15(18-4)9-12(2)22-16;1-11(2)17(12(3)4)21(18-9-7-8-16)20-15-10-13(5)19-14(15)6;1-5-3-6(9-2)7(4-8)10-5;1-5-4-7(8-3)6(2)9-5;4*1-2/h12-17H,5-6,8-11H2,1-4H3;11-16H,5,7-10H2,1-4H3;11-15H,7,9-10H2,1-6H3;5-8H,3-4H2,1-2H3;5-7H,4H2,1-3H3;4*2H,1H3/t12-,13-,14+,15?,16?,17+,25?;11-,12-,13+,14?,15?,16+,24?;13-,14+,15?,21?;5-,6?,7+;5-,6+,7?;;;;/m00000..../s1/i2*3D;6D;;2D;4*2T. The molecule has 0 amide bonds. The van der Waals surface area contributed by atoms with Crippen LogP contribution in [0.25, 0.3) is 0 Å². The SMILES string of the molecule is COC1C[C@H](C)O[C@@H]1CO.[2H]C[C@H]1O[C@@H](C)CC1OC.[2H]C[C@H]1O[C@@H](C)CC1OP(=C)(OCCC#N)OC[C@H]1O[C@@H](C)CC1OC.[2H]C[C@H]1O[C@@H](C)CC1OP(OCCC#N)N(C(C)C)C(C)C.[2H]C[C@H]1O[C@@H](C)CC1OP(OCCC#N)OC[C@H]1O[C@@H](C)CC1OC.[3H]OC.[3H]OC.[3H]OC.[3H]OC. The summed E-state index contributed by atoms with van der Waals surface area (Å²) in [5.74, 6) is 0. The van der Waals surface area contributed by atoms with Gasteiger partial charge in [0.15, 0.2) is 0 Å². The van der Waals surface area contributed by atoms with Gasteiger partial charge in [-0.2, -0.15) is 15.8 Å². The number of methoxy groups -OCH3 is 4. The second-order valence-electron chi connectivity index (χ2n) is 23.7. The number of nitriles is 3. The van der Waals surface area contributed by atoms with Crippen LogP contribution in [-0.4, -0.2) is 279 Å². The van der Waals surface area contributed by atoms with Gasteiger partial charge in [-0.1, -0.05) is 0 Å². The summed E-state index contributed by atoms with van der Waals surface area (Å²) in [4.78, 5) is 0. The third-order valence-electron chi connectivity index (χ3n) is 15.2. The number of ether oxygens (including phenoxy) is 11. The molecule has 7 fully saturated rings. The maximum Gasteiger partial charge on any atom is 0.333 e. The van der Waals surface area contributed by atoms with Crippen molar-refractivity contribution in [3.8, 4) is 18.2 Å². The first-order valence-electron chi connectivity index (χ1n) is 37.4. The van der Waals surface area contributed by atoms with Gasteiger partial charge in [0.05, 0.1) is 187 Å². The van der Waals surface area contributed by atoms with Gasteiger partial charge in [0.2, 0.25) is 5.72 Å². The highest BCUT2D eigenvalue weighted by Crippen LogP contribution is 2.53. The molecule has 0 aromatic carbocycles. The zero-order valence-corrected chi connectivity index (χ0v) is 64.3. The minimum Gasteiger partial charge on any atom is -0.400 e. The highest BCUT2D eigenvalue weighted by molar-refractivity contribution is 7.59. The van der Waals surface area contributed by atoms with E-state index in [4.69, 9.17) is 120 Å². The van der Waals surface area contributed by atoms with E-state index in [0.29, 0.717) is 39.4 Å². The molecular formula is C66H131N4O24P3. The first kappa shape index (κ1) is 82.9. The molecule has 5 N–H and O–H groups in total. The second kappa shape index (κ2) is 57.0. The molecule has 0 radical (unpaired) electrons. The third-order valence-corrected chi connectivity index (χ3v) is 20.3. The first-order valence-corrected chi connectivity index (χ1v) is 36.9. The predicted octanol–water partition coefficient (Wildman–Crippen LogP) is 9.49. The molecule has 97 heavy (non-hydrogen) atoms. The summed E-state index contributed by atoms with van der Waals surface area (Å²) in [6.45, 7) is 24.5. The number of aliphatic hydroxyl groups excluding tert-OH is 5. The molecule has 0 saturated carbocycles. The van der Waals surface area contributed by atoms with Crippen molar-refractivity contribution in [3.05, 3.63) is 0 Å². The van der Waals surface area contributed by atoms with Gasteiger partial charge >= 0.3 is 8.60 Å². The van der Waals surface area contributed by atoms with Gasteiger partial charge in [-0.15, -0.1) is 0 Å². The molecule has 574 valence electrons. The minimum absolute atomic E-state index is 0.000000000000000444. The van der Waals surface area contributed by atoms with Crippen LogP contribution in [0, 0.1) is 34.0 Å². The largest absolute Gasteiger partial charge is 0.400 e. The summed E-state index contributed by atoms with van der Waals surface area (Å²) < 4.78 is 163. The highest BCUT2D eigenvalue weighted by Gasteiger charge is 2.41. The fourth-order valence-electron chi connectivity index (χ4n) is 10.9.